The van der Waals surface area contributed by atoms with Crippen molar-refractivity contribution in [3.63, 3.8) is 0 Å². The van der Waals surface area contributed by atoms with Crippen molar-refractivity contribution in [1.82, 2.24) is 19.9 Å². The van der Waals surface area contributed by atoms with Crippen molar-refractivity contribution in [3.05, 3.63) is 69.3 Å². The standard InChI is InChI=1S/C36H48N4O3/c1-9-21-22(10-2)27-19-31-35(42,15-7)36(43,16-8)32(40-31)20-28-24(12-4)23(11-3)26(38-28)18-30-34(13-5,14-6)33(41)29(39-30)17-25(21)37-27/h17-20,37-38,42-43H,9-16H2,1-8H3. The molecule has 3 aromatic heterocycles. The maximum Gasteiger partial charge on any atom is 0.193 e. The second kappa shape index (κ2) is 11.3. The lowest BCUT2D eigenvalue weighted by molar-refractivity contribution is -0.162. The number of hydrogen-bond donors (Lipinski definition) is 4. The van der Waals surface area contributed by atoms with Gasteiger partial charge in [-0.1, -0.05) is 55.4 Å². The van der Waals surface area contributed by atoms with Gasteiger partial charge < -0.3 is 20.2 Å². The quantitative estimate of drug-likeness (QED) is 0.220. The first kappa shape index (κ1) is 31.1. The van der Waals surface area contributed by atoms with Crippen LogP contribution in [0, 0.1) is 0 Å². The topological polar surface area (TPSA) is 115 Å². The van der Waals surface area contributed by atoms with E-state index in [9.17, 15) is 15.0 Å². The molecule has 0 saturated heterocycles. The lowest BCUT2D eigenvalue weighted by Gasteiger charge is -2.36. The van der Waals surface area contributed by atoms with Crippen LogP contribution in [0.15, 0.2) is 24.3 Å². The Morgan fingerprint density at radius 3 is 1.28 bits per heavy atom. The molecule has 3 aromatic rings. The van der Waals surface area contributed by atoms with E-state index in [0.29, 0.717) is 42.8 Å². The van der Waals surface area contributed by atoms with Gasteiger partial charge in [-0.3, -0.25) is 9.78 Å². The minimum atomic E-state index is -1.56. The van der Waals surface area contributed by atoms with Crippen LogP contribution < -0.4 is 0 Å². The Morgan fingerprint density at radius 1 is 0.558 bits per heavy atom. The van der Waals surface area contributed by atoms with Gasteiger partial charge >= 0.3 is 0 Å². The molecule has 2 atom stereocenters. The van der Waals surface area contributed by atoms with Crippen LogP contribution in [0.4, 0.5) is 0 Å². The molecule has 0 fully saturated rings. The van der Waals surface area contributed by atoms with E-state index in [4.69, 9.17) is 9.97 Å². The highest BCUT2D eigenvalue weighted by molar-refractivity contribution is 6.05. The smallest absolute Gasteiger partial charge is 0.193 e. The number of H-pyrrole nitrogens is 2. The molecule has 4 N–H and O–H groups in total. The van der Waals surface area contributed by atoms with Crippen molar-refractivity contribution < 1.29 is 15.0 Å². The number of rotatable bonds is 8. The zero-order valence-electron chi connectivity index (χ0n) is 27.2. The number of Topliss-reactive ketones (excluding diaryl/α,β-unsaturated/α-hetero) is 1. The number of aliphatic hydroxyl groups is 2. The molecule has 2 unspecified atom stereocenters. The second-order valence-corrected chi connectivity index (χ2v) is 12.1. The molecule has 0 amide bonds. The van der Waals surface area contributed by atoms with Crippen LogP contribution >= 0.6 is 0 Å². The number of carbonyl (C=O) groups excluding carboxylic acids is 1. The number of aryl methyl sites for hydroxylation is 4. The van der Waals surface area contributed by atoms with Crippen LogP contribution in [0.25, 0.3) is 22.1 Å². The zero-order valence-corrected chi connectivity index (χ0v) is 27.2. The summed E-state index contributed by atoms with van der Waals surface area (Å²) >= 11 is 0. The van der Waals surface area contributed by atoms with E-state index in [2.05, 4.69) is 57.6 Å². The molecule has 0 aliphatic carbocycles. The molecule has 0 spiro atoms. The highest BCUT2D eigenvalue weighted by Crippen LogP contribution is 2.48. The van der Waals surface area contributed by atoms with Crippen molar-refractivity contribution in [2.75, 3.05) is 0 Å². The molecule has 0 aromatic carbocycles. The summed E-state index contributed by atoms with van der Waals surface area (Å²) in [6.07, 6.45) is 5.06. The first-order valence-electron chi connectivity index (χ1n) is 16.3. The first-order chi connectivity index (χ1) is 20.6. The summed E-state index contributed by atoms with van der Waals surface area (Å²) in [6, 6.07) is 7.81. The summed E-state index contributed by atoms with van der Waals surface area (Å²) in [7, 11) is 0. The van der Waals surface area contributed by atoms with E-state index >= 15 is 0 Å². The highest BCUT2D eigenvalue weighted by Gasteiger charge is 2.55. The Bertz CT molecular complexity index is 1730. The van der Waals surface area contributed by atoms with Crippen LogP contribution in [-0.2, 0) is 42.3 Å². The van der Waals surface area contributed by atoms with Crippen molar-refractivity contribution in [1.29, 1.82) is 0 Å². The van der Waals surface area contributed by atoms with Crippen LogP contribution in [0.5, 0.6) is 0 Å². The monoisotopic (exact) mass is 584 g/mol. The van der Waals surface area contributed by atoms with Crippen LogP contribution in [0.2, 0.25) is 0 Å². The molecule has 7 heteroatoms. The summed E-state index contributed by atoms with van der Waals surface area (Å²) in [6.45, 7) is 16.4. The number of aromatic nitrogens is 4. The summed E-state index contributed by atoms with van der Waals surface area (Å²) in [5.74, 6) is 0.0627. The van der Waals surface area contributed by atoms with Crippen molar-refractivity contribution in [3.8, 4) is 0 Å². The Hall–Kier alpha value is -3.29. The number of aromatic amines is 2. The van der Waals surface area contributed by atoms with Gasteiger partial charge in [0.2, 0.25) is 0 Å². The molecule has 8 bridgehead atoms. The van der Waals surface area contributed by atoms with Crippen molar-refractivity contribution in [2.45, 2.75) is 123 Å². The number of carbonyl (C=O) groups is 1. The van der Waals surface area contributed by atoms with Crippen LogP contribution in [0.1, 0.15) is 131 Å². The lowest BCUT2D eigenvalue weighted by Crippen LogP contribution is -2.45. The SMILES string of the molecule is CCc1c(CC)c2cc3nc(cc4[nH]c(cc5nc(cc1[nH]2)C(=O)C5(CC)CC)c(CC)c4CC)C(O)(CC)C3(O)CC. The normalized spacial score (nSPS) is 21.5. The molecule has 2 aliphatic rings. The van der Waals surface area contributed by atoms with Crippen LogP contribution in [-0.4, -0.2) is 35.9 Å². The zero-order chi connectivity index (χ0) is 31.3. The minimum absolute atomic E-state index is 0.0627. The average Bonchev–Trinajstić information content (AvgIpc) is 3.67. The largest absolute Gasteiger partial charge is 0.380 e. The Kier molecular flexibility index (Phi) is 8.20. The van der Waals surface area contributed by atoms with Gasteiger partial charge in [0.1, 0.15) is 16.9 Å². The Morgan fingerprint density at radius 2 is 0.930 bits per heavy atom. The third-order valence-electron chi connectivity index (χ3n) is 10.5. The van der Waals surface area contributed by atoms with Gasteiger partial charge in [-0.15, -0.1) is 0 Å². The van der Waals surface area contributed by atoms with Gasteiger partial charge in [-0.2, -0.15) is 0 Å². The van der Waals surface area contributed by atoms with E-state index < -0.39 is 16.6 Å². The van der Waals surface area contributed by atoms with Gasteiger partial charge in [0.15, 0.2) is 5.78 Å². The average molecular weight is 585 g/mol. The Balaban J connectivity index is 2.06. The number of fused-ring (bicyclic) bond motifs is 8. The lowest BCUT2D eigenvalue weighted by atomic mass is 9.76. The van der Waals surface area contributed by atoms with Crippen molar-refractivity contribution in [2.24, 2.45) is 0 Å². The maximum absolute atomic E-state index is 14.1. The van der Waals surface area contributed by atoms with E-state index in [-0.39, 0.29) is 5.78 Å². The van der Waals surface area contributed by atoms with Gasteiger partial charge in [-0.25, -0.2) is 4.98 Å². The molecule has 43 heavy (non-hydrogen) atoms. The third kappa shape index (κ3) is 4.33. The third-order valence-corrected chi connectivity index (χ3v) is 10.5. The fourth-order valence-corrected chi connectivity index (χ4v) is 7.74. The first-order valence-corrected chi connectivity index (χ1v) is 16.3. The molecule has 0 radical (unpaired) electrons. The van der Waals surface area contributed by atoms with E-state index in [1.165, 1.54) is 5.56 Å². The summed E-state index contributed by atoms with van der Waals surface area (Å²) in [4.78, 5) is 31.3. The molecular formula is C36H48N4O3. The summed E-state index contributed by atoms with van der Waals surface area (Å²) < 4.78 is 0. The van der Waals surface area contributed by atoms with Gasteiger partial charge in [0.25, 0.3) is 0 Å². The molecular weight excluding hydrogens is 536 g/mol. The number of nitrogens with one attached hydrogen (secondary N) is 2. The molecule has 5 heterocycles. The van der Waals surface area contributed by atoms with Gasteiger partial charge in [0.05, 0.1) is 22.5 Å². The van der Waals surface area contributed by atoms with Crippen molar-refractivity contribution >= 4 is 27.9 Å². The summed E-state index contributed by atoms with van der Waals surface area (Å²) in [5.41, 5.74) is 6.40. The molecule has 5 rings (SSSR count). The fourth-order valence-electron chi connectivity index (χ4n) is 7.74. The fraction of sp³-hybridized carbons (Fsp3) is 0.528. The maximum atomic E-state index is 14.1. The Labute approximate surface area is 255 Å². The summed E-state index contributed by atoms with van der Waals surface area (Å²) in [5, 5.41) is 24.3. The number of hydrogen-bond acceptors (Lipinski definition) is 5. The number of nitrogens with zero attached hydrogens (tertiary/aromatic N) is 2. The van der Waals surface area contributed by atoms with Gasteiger partial charge in [0, 0.05) is 22.1 Å². The second-order valence-electron chi connectivity index (χ2n) is 12.1. The molecule has 230 valence electrons. The predicted octanol–water partition coefficient (Wildman–Crippen LogP) is 7.40. The minimum Gasteiger partial charge on any atom is -0.380 e. The van der Waals surface area contributed by atoms with Crippen LogP contribution in [0.3, 0.4) is 0 Å². The molecule has 0 saturated carbocycles. The highest BCUT2D eigenvalue weighted by atomic mass is 16.4. The van der Waals surface area contributed by atoms with E-state index in [1.54, 1.807) is 0 Å². The van der Waals surface area contributed by atoms with Gasteiger partial charge in [-0.05, 0) is 97.9 Å². The van der Waals surface area contributed by atoms with E-state index in [0.717, 1.165) is 70.1 Å². The number of ketones is 1. The predicted molar refractivity (Wildman–Crippen MR) is 173 cm³/mol. The molecule has 2 aliphatic heterocycles. The molecule has 7 nitrogen and oxygen atoms in total. The van der Waals surface area contributed by atoms with E-state index in [1.807, 2.05) is 32.0 Å².